The minimum absolute atomic E-state index is 0.258. The first-order valence-electron chi connectivity index (χ1n) is 5.51. The average Bonchev–Trinajstić information content (AvgIpc) is 2.60. The van der Waals surface area contributed by atoms with Crippen LogP contribution in [0.1, 0.15) is 31.2 Å². The molecule has 2 unspecified atom stereocenters. The molecular weight excluding hydrogens is 172 g/mol. The second-order valence-corrected chi connectivity index (χ2v) is 5.00. The summed E-state index contributed by atoms with van der Waals surface area (Å²) in [6.07, 6.45) is 5.57. The zero-order valence-corrected chi connectivity index (χ0v) is 8.37. The monoisotopic (exact) mass is 188 g/mol. The fourth-order valence-corrected chi connectivity index (χ4v) is 3.21. The van der Waals surface area contributed by atoms with E-state index in [1.54, 1.807) is 0 Å². The van der Waals surface area contributed by atoms with E-state index >= 15 is 0 Å². The highest BCUT2D eigenvalue weighted by Gasteiger charge is 2.68. The highest BCUT2D eigenvalue weighted by molar-refractivity contribution is 5.27. The van der Waals surface area contributed by atoms with E-state index in [0.29, 0.717) is 0 Å². The molecule has 14 heavy (non-hydrogen) atoms. The fraction of sp³-hybridized carbons (Fsp3) is 0.538. The van der Waals surface area contributed by atoms with E-state index in [-0.39, 0.29) is 11.0 Å². The summed E-state index contributed by atoms with van der Waals surface area (Å²) in [7, 11) is 0. The molecule has 0 radical (unpaired) electrons. The molecule has 2 aliphatic carbocycles. The van der Waals surface area contributed by atoms with E-state index in [1.807, 2.05) is 0 Å². The zero-order chi connectivity index (χ0) is 9.65. The summed E-state index contributed by atoms with van der Waals surface area (Å²) in [5, 5.41) is 10.2. The summed E-state index contributed by atoms with van der Waals surface area (Å²) >= 11 is 0. The number of benzene rings is 1. The third kappa shape index (κ3) is 1.05. The number of aliphatic hydroxyl groups is 1. The van der Waals surface area contributed by atoms with Crippen molar-refractivity contribution in [2.24, 2.45) is 5.41 Å². The highest BCUT2D eigenvalue weighted by atomic mass is 16.3. The van der Waals surface area contributed by atoms with E-state index in [2.05, 4.69) is 30.3 Å². The molecule has 74 valence electrons. The van der Waals surface area contributed by atoms with Gasteiger partial charge in [0.25, 0.3) is 0 Å². The van der Waals surface area contributed by atoms with Gasteiger partial charge < -0.3 is 5.11 Å². The van der Waals surface area contributed by atoms with Crippen molar-refractivity contribution in [3.63, 3.8) is 0 Å². The van der Waals surface area contributed by atoms with Gasteiger partial charge in [-0.1, -0.05) is 30.3 Å². The molecular formula is C13H16O. The molecule has 0 spiro atoms. The van der Waals surface area contributed by atoms with Crippen LogP contribution in [-0.4, -0.2) is 10.7 Å². The maximum absolute atomic E-state index is 10.2. The van der Waals surface area contributed by atoms with Crippen LogP contribution in [0.3, 0.4) is 0 Å². The van der Waals surface area contributed by atoms with Crippen LogP contribution < -0.4 is 0 Å². The van der Waals surface area contributed by atoms with E-state index in [1.165, 1.54) is 18.4 Å². The van der Waals surface area contributed by atoms with Crippen molar-refractivity contribution in [1.29, 1.82) is 0 Å². The van der Waals surface area contributed by atoms with E-state index in [9.17, 15) is 5.11 Å². The maximum atomic E-state index is 10.2. The Kier molecular flexibility index (Phi) is 1.58. The number of rotatable bonds is 2. The molecule has 1 nitrogen and oxygen atoms in total. The zero-order valence-electron chi connectivity index (χ0n) is 8.37. The summed E-state index contributed by atoms with van der Waals surface area (Å²) < 4.78 is 0. The molecule has 0 bridgehead atoms. The predicted octanol–water partition coefficient (Wildman–Crippen LogP) is 2.53. The molecule has 2 saturated carbocycles. The third-order valence-corrected chi connectivity index (χ3v) is 4.12. The number of hydrogen-bond donors (Lipinski definition) is 1. The molecule has 2 fully saturated rings. The first kappa shape index (κ1) is 8.49. The van der Waals surface area contributed by atoms with Gasteiger partial charge in [0.05, 0.1) is 5.60 Å². The standard InChI is InChI=1S/C13H16O/c14-13-8-4-7-12(13,10-13)9-11-5-2-1-3-6-11/h1-3,5-6,14H,4,7-10H2. The Labute approximate surface area is 84.8 Å². The average molecular weight is 188 g/mol. The van der Waals surface area contributed by atoms with E-state index in [0.717, 1.165) is 19.3 Å². The molecule has 0 heterocycles. The van der Waals surface area contributed by atoms with Gasteiger partial charge in [0.1, 0.15) is 0 Å². The Balaban J connectivity index is 1.81. The minimum Gasteiger partial charge on any atom is -0.389 e. The number of fused-ring (bicyclic) bond motifs is 1. The van der Waals surface area contributed by atoms with Crippen molar-refractivity contribution in [1.82, 2.24) is 0 Å². The topological polar surface area (TPSA) is 20.2 Å². The molecule has 3 rings (SSSR count). The van der Waals surface area contributed by atoms with Crippen molar-refractivity contribution in [2.75, 3.05) is 0 Å². The van der Waals surface area contributed by atoms with Crippen molar-refractivity contribution in [3.05, 3.63) is 35.9 Å². The highest BCUT2D eigenvalue weighted by Crippen LogP contribution is 2.68. The minimum atomic E-state index is -0.289. The van der Waals surface area contributed by atoms with Crippen LogP contribution in [0.2, 0.25) is 0 Å². The van der Waals surface area contributed by atoms with Gasteiger partial charge in [-0.25, -0.2) is 0 Å². The molecule has 1 N–H and O–H groups in total. The largest absolute Gasteiger partial charge is 0.389 e. The third-order valence-electron chi connectivity index (χ3n) is 4.12. The smallest absolute Gasteiger partial charge is 0.0714 e. The first-order valence-corrected chi connectivity index (χ1v) is 5.51. The van der Waals surface area contributed by atoms with Crippen LogP contribution in [0, 0.1) is 5.41 Å². The second-order valence-electron chi connectivity index (χ2n) is 5.00. The summed E-state index contributed by atoms with van der Waals surface area (Å²) in [5.41, 5.74) is 1.35. The lowest BCUT2D eigenvalue weighted by Crippen LogP contribution is -2.15. The lowest BCUT2D eigenvalue weighted by molar-refractivity contribution is 0.117. The quantitative estimate of drug-likeness (QED) is 0.756. The van der Waals surface area contributed by atoms with Crippen molar-refractivity contribution < 1.29 is 5.11 Å². The second kappa shape index (κ2) is 2.60. The molecule has 1 heteroatoms. The van der Waals surface area contributed by atoms with Crippen molar-refractivity contribution in [3.8, 4) is 0 Å². The van der Waals surface area contributed by atoms with Crippen molar-refractivity contribution in [2.45, 2.75) is 37.7 Å². The van der Waals surface area contributed by atoms with Gasteiger partial charge in [-0.2, -0.15) is 0 Å². The molecule has 0 aliphatic heterocycles. The van der Waals surface area contributed by atoms with Crippen molar-refractivity contribution >= 4 is 0 Å². The normalized spacial score (nSPS) is 39.5. The maximum Gasteiger partial charge on any atom is 0.0714 e. The molecule has 0 saturated heterocycles. The Bertz CT molecular complexity index is 342. The van der Waals surface area contributed by atoms with Crippen LogP contribution in [-0.2, 0) is 6.42 Å². The molecule has 2 atom stereocenters. The van der Waals surface area contributed by atoms with E-state index in [4.69, 9.17) is 0 Å². The SMILES string of the molecule is OC12CCCC1(Cc1ccccc1)C2. The van der Waals surface area contributed by atoms with Gasteiger partial charge in [0.15, 0.2) is 0 Å². The van der Waals surface area contributed by atoms with Crippen LogP contribution in [0.15, 0.2) is 30.3 Å². The summed E-state index contributed by atoms with van der Waals surface area (Å²) in [4.78, 5) is 0. The Morgan fingerprint density at radius 3 is 2.50 bits per heavy atom. The lowest BCUT2D eigenvalue weighted by Gasteiger charge is -2.13. The number of hydrogen-bond acceptors (Lipinski definition) is 1. The lowest BCUT2D eigenvalue weighted by atomic mass is 9.93. The summed E-state index contributed by atoms with van der Waals surface area (Å²) in [6, 6.07) is 10.6. The Morgan fingerprint density at radius 2 is 1.93 bits per heavy atom. The van der Waals surface area contributed by atoms with Gasteiger partial charge in [-0.15, -0.1) is 0 Å². The Hall–Kier alpha value is -0.820. The fourth-order valence-electron chi connectivity index (χ4n) is 3.21. The van der Waals surface area contributed by atoms with Gasteiger partial charge in [-0.05, 0) is 37.7 Å². The van der Waals surface area contributed by atoms with Crippen LogP contribution in [0.5, 0.6) is 0 Å². The molecule has 1 aromatic carbocycles. The van der Waals surface area contributed by atoms with Gasteiger partial charge in [0, 0.05) is 5.41 Å². The summed E-state index contributed by atoms with van der Waals surface area (Å²) in [6.45, 7) is 0. The molecule has 0 amide bonds. The molecule has 0 aromatic heterocycles. The van der Waals surface area contributed by atoms with Crippen LogP contribution >= 0.6 is 0 Å². The van der Waals surface area contributed by atoms with Gasteiger partial charge >= 0.3 is 0 Å². The Morgan fingerprint density at radius 1 is 1.14 bits per heavy atom. The predicted molar refractivity (Wildman–Crippen MR) is 56.0 cm³/mol. The molecule has 2 aliphatic rings. The van der Waals surface area contributed by atoms with Gasteiger partial charge in [0.2, 0.25) is 0 Å². The molecule has 1 aromatic rings. The van der Waals surface area contributed by atoms with Crippen LogP contribution in [0.4, 0.5) is 0 Å². The first-order chi connectivity index (χ1) is 6.74. The van der Waals surface area contributed by atoms with Crippen LogP contribution in [0.25, 0.3) is 0 Å². The van der Waals surface area contributed by atoms with Gasteiger partial charge in [-0.3, -0.25) is 0 Å². The van der Waals surface area contributed by atoms with E-state index < -0.39 is 0 Å². The summed E-state index contributed by atoms with van der Waals surface area (Å²) in [5.74, 6) is 0.